The average Bonchev–Trinajstić information content (AvgIpc) is 2.54. The summed E-state index contributed by atoms with van der Waals surface area (Å²) in [7, 11) is 0. The first-order chi connectivity index (χ1) is 10.8. The lowest BCUT2D eigenvalue weighted by molar-refractivity contribution is -0.138. The SMILES string of the molecule is CC.CC.Cc1ccccc1C.Cc1ccccc1C(F)(F)F. The Kier molecular flexibility index (Phi) is 13.0. The summed E-state index contributed by atoms with van der Waals surface area (Å²) in [5, 5.41) is 0. The standard InChI is InChI=1S/C8H7F3.C8H10.2C2H6/c1-6-4-2-3-5-7(6)8(9,10)11;1-7-5-3-4-6-8(7)2;2*1-2/h2-5H,1H3;3-6H,1-2H3;2*1-2H3. The highest BCUT2D eigenvalue weighted by molar-refractivity contribution is 5.27. The van der Waals surface area contributed by atoms with Crippen LogP contribution in [0.2, 0.25) is 0 Å². The summed E-state index contributed by atoms with van der Waals surface area (Å²) in [5.74, 6) is 0. The summed E-state index contributed by atoms with van der Waals surface area (Å²) in [6.07, 6.45) is -4.22. The van der Waals surface area contributed by atoms with Gasteiger partial charge in [0.2, 0.25) is 0 Å². The van der Waals surface area contributed by atoms with Crippen LogP contribution in [-0.4, -0.2) is 0 Å². The van der Waals surface area contributed by atoms with E-state index in [-0.39, 0.29) is 5.56 Å². The number of aryl methyl sites for hydroxylation is 3. The molecule has 0 aromatic heterocycles. The molecule has 0 amide bonds. The molecule has 0 aliphatic heterocycles. The van der Waals surface area contributed by atoms with Crippen LogP contribution >= 0.6 is 0 Å². The zero-order chi connectivity index (χ0) is 18.5. The summed E-state index contributed by atoms with van der Waals surface area (Å²) < 4.78 is 36.1. The zero-order valence-electron chi connectivity index (χ0n) is 15.3. The van der Waals surface area contributed by atoms with Gasteiger partial charge in [0, 0.05) is 0 Å². The lowest BCUT2D eigenvalue weighted by Gasteiger charge is -2.08. The van der Waals surface area contributed by atoms with Crippen molar-refractivity contribution in [3.05, 3.63) is 70.8 Å². The summed E-state index contributed by atoms with van der Waals surface area (Å²) >= 11 is 0. The van der Waals surface area contributed by atoms with Gasteiger partial charge in [0.1, 0.15) is 0 Å². The Bertz CT molecular complexity index is 507. The van der Waals surface area contributed by atoms with Crippen molar-refractivity contribution in [2.45, 2.75) is 54.6 Å². The van der Waals surface area contributed by atoms with Crippen LogP contribution in [0, 0.1) is 20.8 Å². The van der Waals surface area contributed by atoms with Gasteiger partial charge in [-0.3, -0.25) is 0 Å². The minimum absolute atomic E-state index is 0.264. The molecule has 0 heterocycles. The second kappa shape index (κ2) is 12.7. The highest BCUT2D eigenvalue weighted by Gasteiger charge is 2.31. The normalized spacial score (nSPS) is 9.30. The fraction of sp³-hybridized carbons (Fsp3) is 0.400. The van der Waals surface area contributed by atoms with Crippen molar-refractivity contribution in [3.63, 3.8) is 0 Å². The molecule has 0 aliphatic rings. The Morgan fingerprint density at radius 1 is 0.565 bits per heavy atom. The first-order valence-electron chi connectivity index (χ1n) is 7.97. The first kappa shape index (κ1) is 23.5. The van der Waals surface area contributed by atoms with Gasteiger partial charge in [0.25, 0.3) is 0 Å². The van der Waals surface area contributed by atoms with E-state index in [0.29, 0.717) is 0 Å². The summed E-state index contributed by atoms with van der Waals surface area (Å²) in [6, 6.07) is 13.9. The number of hydrogen-bond acceptors (Lipinski definition) is 0. The monoisotopic (exact) mass is 326 g/mol. The maximum atomic E-state index is 12.0. The van der Waals surface area contributed by atoms with Crippen molar-refractivity contribution in [3.8, 4) is 0 Å². The fourth-order valence-electron chi connectivity index (χ4n) is 1.55. The molecular formula is C20H29F3. The molecule has 3 heteroatoms. The molecule has 0 bridgehead atoms. The number of hydrogen-bond donors (Lipinski definition) is 0. The zero-order valence-corrected chi connectivity index (χ0v) is 15.3. The van der Waals surface area contributed by atoms with Crippen LogP contribution in [0.1, 0.15) is 49.9 Å². The predicted molar refractivity (Wildman–Crippen MR) is 94.8 cm³/mol. The average molecular weight is 326 g/mol. The van der Waals surface area contributed by atoms with Crippen molar-refractivity contribution in [1.29, 1.82) is 0 Å². The minimum atomic E-state index is -4.22. The van der Waals surface area contributed by atoms with Crippen LogP contribution in [0.25, 0.3) is 0 Å². The third kappa shape index (κ3) is 9.77. The van der Waals surface area contributed by atoms with Crippen molar-refractivity contribution < 1.29 is 13.2 Å². The van der Waals surface area contributed by atoms with E-state index in [0.717, 1.165) is 6.07 Å². The van der Waals surface area contributed by atoms with Crippen LogP contribution in [0.5, 0.6) is 0 Å². The largest absolute Gasteiger partial charge is 0.416 e. The Morgan fingerprint density at radius 2 is 0.870 bits per heavy atom. The molecule has 23 heavy (non-hydrogen) atoms. The molecule has 2 aromatic carbocycles. The lowest BCUT2D eigenvalue weighted by Crippen LogP contribution is -2.06. The van der Waals surface area contributed by atoms with Crippen molar-refractivity contribution in [1.82, 2.24) is 0 Å². The Labute approximate surface area is 139 Å². The van der Waals surface area contributed by atoms with Crippen LogP contribution in [-0.2, 0) is 6.18 Å². The van der Waals surface area contributed by atoms with Gasteiger partial charge >= 0.3 is 6.18 Å². The Hall–Kier alpha value is -1.77. The van der Waals surface area contributed by atoms with E-state index in [4.69, 9.17) is 0 Å². The highest BCUT2D eigenvalue weighted by atomic mass is 19.4. The third-order valence-corrected chi connectivity index (χ3v) is 2.88. The van der Waals surface area contributed by atoms with E-state index in [1.807, 2.05) is 27.7 Å². The topological polar surface area (TPSA) is 0 Å². The number of benzene rings is 2. The van der Waals surface area contributed by atoms with Gasteiger partial charge in [0.15, 0.2) is 0 Å². The Morgan fingerprint density at radius 3 is 1.09 bits per heavy atom. The second-order valence-electron chi connectivity index (χ2n) is 4.40. The molecule has 0 spiro atoms. The van der Waals surface area contributed by atoms with Gasteiger partial charge in [-0.05, 0) is 43.5 Å². The molecular weight excluding hydrogens is 297 g/mol. The maximum absolute atomic E-state index is 12.0. The van der Waals surface area contributed by atoms with Crippen LogP contribution in [0.15, 0.2) is 48.5 Å². The lowest BCUT2D eigenvalue weighted by atomic mass is 10.1. The molecule has 0 atom stereocenters. The molecule has 2 rings (SSSR count). The summed E-state index contributed by atoms with van der Waals surface area (Å²) in [6.45, 7) is 13.7. The molecule has 130 valence electrons. The van der Waals surface area contributed by atoms with Gasteiger partial charge in [-0.2, -0.15) is 13.2 Å². The first-order valence-corrected chi connectivity index (χ1v) is 7.97. The van der Waals surface area contributed by atoms with Gasteiger partial charge < -0.3 is 0 Å². The van der Waals surface area contributed by atoms with Crippen LogP contribution in [0.4, 0.5) is 13.2 Å². The van der Waals surface area contributed by atoms with Crippen LogP contribution in [0.3, 0.4) is 0 Å². The Balaban J connectivity index is 0. The van der Waals surface area contributed by atoms with Gasteiger partial charge in [-0.25, -0.2) is 0 Å². The van der Waals surface area contributed by atoms with Crippen LogP contribution < -0.4 is 0 Å². The summed E-state index contributed by atoms with van der Waals surface area (Å²) in [5.41, 5.74) is 2.44. The van der Waals surface area contributed by atoms with Gasteiger partial charge in [-0.15, -0.1) is 0 Å². The van der Waals surface area contributed by atoms with Gasteiger partial charge in [0.05, 0.1) is 5.56 Å². The maximum Gasteiger partial charge on any atom is 0.416 e. The molecule has 0 unspecified atom stereocenters. The number of rotatable bonds is 0. The second-order valence-corrected chi connectivity index (χ2v) is 4.40. The van der Waals surface area contributed by atoms with E-state index in [1.54, 1.807) is 6.07 Å². The quantitative estimate of drug-likeness (QED) is 0.474. The molecule has 2 aromatic rings. The molecule has 0 saturated heterocycles. The summed E-state index contributed by atoms with van der Waals surface area (Å²) in [4.78, 5) is 0. The van der Waals surface area contributed by atoms with Crippen molar-refractivity contribution in [2.24, 2.45) is 0 Å². The minimum Gasteiger partial charge on any atom is -0.166 e. The van der Waals surface area contributed by atoms with E-state index in [9.17, 15) is 13.2 Å². The van der Waals surface area contributed by atoms with E-state index < -0.39 is 11.7 Å². The van der Waals surface area contributed by atoms with E-state index >= 15 is 0 Å². The van der Waals surface area contributed by atoms with Crippen molar-refractivity contribution >= 4 is 0 Å². The highest BCUT2D eigenvalue weighted by Crippen LogP contribution is 2.31. The third-order valence-electron chi connectivity index (χ3n) is 2.88. The predicted octanol–water partition coefficient (Wildman–Crippen LogP) is 7.37. The van der Waals surface area contributed by atoms with E-state index in [1.165, 1.54) is 30.2 Å². The molecule has 0 nitrogen and oxygen atoms in total. The number of halogens is 3. The molecule has 0 fully saturated rings. The smallest absolute Gasteiger partial charge is 0.166 e. The van der Waals surface area contributed by atoms with Gasteiger partial charge in [-0.1, -0.05) is 70.2 Å². The number of alkyl halides is 3. The molecule has 0 aliphatic carbocycles. The molecule has 0 radical (unpaired) electrons. The van der Waals surface area contributed by atoms with Crippen molar-refractivity contribution in [2.75, 3.05) is 0 Å². The van der Waals surface area contributed by atoms with E-state index in [2.05, 4.69) is 38.1 Å². The molecule has 0 saturated carbocycles. The molecule has 0 N–H and O–H groups in total. The fourth-order valence-corrected chi connectivity index (χ4v) is 1.55.